The van der Waals surface area contributed by atoms with Crippen LogP contribution >= 0.6 is 0 Å². The Kier molecular flexibility index (Phi) is 8.71. The van der Waals surface area contributed by atoms with Crippen LogP contribution in [0.5, 0.6) is 11.5 Å². The van der Waals surface area contributed by atoms with Crippen LogP contribution < -0.4 is 15.0 Å². The van der Waals surface area contributed by atoms with Crippen LogP contribution in [0.4, 0.5) is 0 Å². The number of hydroxylamine groups is 1. The van der Waals surface area contributed by atoms with Gasteiger partial charge in [0, 0.05) is 32.4 Å². The fraction of sp³-hybridized carbons (Fsp3) is 0.417. The van der Waals surface area contributed by atoms with E-state index in [0.29, 0.717) is 36.6 Å². The Labute approximate surface area is 204 Å². The number of carbonyl (C=O) groups is 2. The lowest BCUT2D eigenvalue weighted by Crippen LogP contribution is -2.54. The number of hydrogen-bond donors (Lipinski definition) is 2. The van der Waals surface area contributed by atoms with Crippen LogP contribution in [0.25, 0.3) is 0 Å². The molecule has 1 fully saturated rings. The Hall–Kier alpha value is -3.15. The van der Waals surface area contributed by atoms with Gasteiger partial charge in [0.15, 0.2) is 14.6 Å². The minimum absolute atomic E-state index is 0.0415. The van der Waals surface area contributed by atoms with E-state index in [1.54, 1.807) is 43.3 Å². The predicted octanol–water partition coefficient (Wildman–Crippen LogP) is 2.06. The van der Waals surface area contributed by atoms with E-state index in [4.69, 9.17) is 19.4 Å². The highest BCUT2D eigenvalue weighted by Gasteiger charge is 2.52. The highest BCUT2D eigenvalue weighted by molar-refractivity contribution is 7.93. The topological polar surface area (TPSA) is 131 Å². The first-order valence-corrected chi connectivity index (χ1v) is 12.6. The maximum absolute atomic E-state index is 13.3. The second-order valence-electron chi connectivity index (χ2n) is 8.18. The van der Waals surface area contributed by atoms with E-state index in [2.05, 4.69) is 0 Å². The van der Waals surface area contributed by atoms with Gasteiger partial charge in [-0.05, 0) is 67.8 Å². The lowest BCUT2D eigenvalue weighted by Gasteiger charge is -2.34. The first kappa shape index (κ1) is 26.5. The molecule has 0 bridgehead atoms. The average molecular weight is 507 g/mol. The number of amides is 2. The first-order valence-electron chi connectivity index (χ1n) is 11.1. The molecule has 2 amide bonds. The maximum atomic E-state index is 13.3. The molecule has 1 saturated heterocycles. The molecular weight excluding hydrogens is 476 g/mol. The molecule has 0 atom stereocenters. The van der Waals surface area contributed by atoms with Gasteiger partial charge in [-0.3, -0.25) is 14.8 Å². The van der Waals surface area contributed by atoms with Gasteiger partial charge in [0.2, 0.25) is 0 Å². The van der Waals surface area contributed by atoms with Crippen LogP contribution in [0.3, 0.4) is 0 Å². The van der Waals surface area contributed by atoms with E-state index in [0.717, 1.165) is 0 Å². The molecule has 10 nitrogen and oxygen atoms in total. The fourth-order valence-electron chi connectivity index (χ4n) is 3.91. The smallest absolute Gasteiger partial charge is 0.265 e. The zero-order valence-corrected chi connectivity index (χ0v) is 20.5. The molecule has 3 rings (SSSR count). The molecule has 1 aliphatic heterocycles. The van der Waals surface area contributed by atoms with E-state index in [-0.39, 0.29) is 36.9 Å². The molecule has 2 aromatic carbocycles. The highest BCUT2D eigenvalue weighted by Crippen LogP contribution is 2.35. The lowest BCUT2D eigenvalue weighted by atomic mass is 9.98. The summed E-state index contributed by atoms with van der Waals surface area (Å²) in [7, 11) is -0.816. The number of ether oxygens (including phenoxy) is 3. The first-order chi connectivity index (χ1) is 16.7. The summed E-state index contributed by atoms with van der Waals surface area (Å²) < 4.78 is 40.7. The number of nitrogens with one attached hydrogen (secondary N) is 1. The molecule has 0 spiro atoms. The van der Waals surface area contributed by atoms with Crippen molar-refractivity contribution < 1.29 is 37.4 Å². The predicted molar refractivity (Wildman–Crippen MR) is 126 cm³/mol. The van der Waals surface area contributed by atoms with Crippen LogP contribution in [0.2, 0.25) is 0 Å². The second-order valence-corrected chi connectivity index (χ2v) is 10.4. The summed E-state index contributed by atoms with van der Waals surface area (Å²) >= 11 is 0. The molecule has 0 saturated carbocycles. The molecule has 2 N–H and O–H groups in total. The zero-order valence-electron chi connectivity index (χ0n) is 19.7. The molecule has 2 aromatic rings. The van der Waals surface area contributed by atoms with E-state index in [1.165, 1.54) is 29.7 Å². The van der Waals surface area contributed by atoms with Gasteiger partial charge in [-0.2, -0.15) is 0 Å². The van der Waals surface area contributed by atoms with Gasteiger partial charge in [-0.15, -0.1) is 0 Å². The molecule has 11 heteroatoms. The normalized spacial score (nSPS) is 15.2. The van der Waals surface area contributed by atoms with Gasteiger partial charge in [0.1, 0.15) is 11.5 Å². The Morgan fingerprint density at radius 3 is 2.23 bits per heavy atom. The van der Waals surface area contributed by atoms with E-state index >= 15 is 0 Å². The third kappa shape index (κ3) is 5.75. The van der Waals surface area contributed by atoms with Crippen molar-refractivity contribution in [1.29, 1.82) is 0 Å². The quantitative estimate of drug-likeness (QED) is 0.284. The van der Waals surface area contributed by atoms with Crippen molar-refractivity contribution in [2.24, 2.45) is 0 Å². The fourth-order valence-corrected chi connectivity index (χ4v) is 5.85. The summed E-state index contributed by atoms with van der Waals surface area (Å²) in [6, 6.07) is 12.7. The Bertz CT molecular complexity index is 1110. The molecule has 0 radical (unpaired) electrons. The summed E-state index contributed by atoms with van der Waals surface area (Å²) in [5.41, 5.74) is 2.06. The van der Waals surface area contributed by atoms with Gasteiger partial charge in [0.25, 0.3) is 11.8 Å². The van der Waals surface area contributed by atoms with Crippen LogP contribution in [0.15, 0.2) is 53.4 Å². The Morgan fingerprint density at radius 1 is 1.06 bits per heavy atom. The monoisotopic (exact) mass is 506 g/mol. The van der Waals surface area contributed by atoms with Crippen LogP contribution in [0, 0.1) is 0 Å². The number of carbonyl (C=O) groups excluding carboxylic acids is 2. The number of rotatable bonds is 10. The third-order valence-corrected chi connectivity index (χ3v) is 8.57. The van der Waals surface area contributed by atoms with Crippen molar-refractivity contribution in [3.63, 3.8) is 0 Å². The Morgan fingerprint density at radius 2 is 1.66 bits per heavy atom. The maximum Gasteiger partial charge on any atom is 0.265 e. The number of hydrogen-bond acceptors (Lipinski definition) is 8. The highest BCUT2D eigenvalue weighted by atomic mass is 32.2. The number of sulfone groups is 1. The van der Waals surface area contributed by atoms with Crippen molar-refractivity contribution in [3.8, 4) is 11.5 Å². The largest absolute Gasteiger partial charge is 0.497 e. The molecule has 0 unspecified atom stereocenters. The minimum Gasteiger partial charge on any atom is -0.497 e. The number of benzene rings is 2. The summed E-state index contributed by atoms with van der Waals surface area (Å²) in [4.78, 5) is 26.4. The summed E-state index contributed by atoms with van der Waals surface area (Å²) in [6.07, 6.45) is 0.462. The van der Waals surface area contributed by atoms with Gasteiger partial charge < -0.3 is 19.1 Å². The van der Waals surface area contributed by atoms with Crippen LogP contribution in [0.1, 0.15) is 29.6 Å². The minimum atomic E-state index is -4.09. The summed E-state index contributed by atoms with van der Waals surface area (Å²) in [5, 5.41) is 9.13. The van der Waals surface area contributed by atoms with Gasteiger partial charge in [0.05, 0.1) is 18.6 Å². The van der Waals surface area contributed by atoms with Gasteiger partial charge >= 0.3 is 0 Å². The van der Waals surface area contributed by atoms with E-state index in [9.17, 15) is 18.0 Å². The average Bonchev–Trinajstić information content (AvgIpc) is 2.90. The van der Waals surface area contributed by atoms with Gasteiger partial charge in [-0.1, -0.05) is 0 Å². The zero-order chi connectivity index (χ0) is 25.5. The van der Waals surface area contributed by atoms with Gasteiger partial charge in [-0.25, -0.2) is 13.9 Å². The SMILES string of the molecule is COc1ccc(C(=O)N(C)CCCOc2ccc(S(=O)(=O)C3(C(=O)NO)CCOCC3)cc2)cc1. The summed E-state index contributed by atoms with van der Waals surface area (Å²) in [5.74, 6) is 0.0577. The molecule has 35 heavy (non-hydrogen) atoms. The van der Waals surface area contributed by atoms with E-state index < -0.39 is 20.5 Å². The van der Waals surface area contributed by atoms with Crippen molar-refractivity contribution in [3.05, 3.63) is 54.1 Å². The van der Waals surface area contributed by atoms with Crippen LogP contribution in [-0.2, 0) is 19.4 Å². The molecular formula is C24H30N2O8S. The number of nitrogens with zero attached hydrogens (tertiary/aromatic N) is 1. The molecule has 0 aromatic heterocycles. The molecule has 1 aliphatic rings. The Balaban J connectivity index is 1.55. The lowest BCUT2D eigenvalue weighted by molar-refractivity contribution is -0.134. The van der Waals surface area contributed by atoms with Crippen molar-refractivity contribution >= 4 is 21.7 Å². The van der Waals surface area contributed by atoms with Crippen LogP contribution in [-0.4, -0.2) is 75.6 Å². The van der Waals surface area contributed by atoms with Crippen molar-refractivity contribution in [1.82, 2.24) is 10.4 Å². The molecule has 1 heterocycles. The third-order valence-electron chi connectivity index (χ3n) is 6.05. The molecule has 190 valence electrons. The van der Waals surface area contributed by atoms with Crippen molar-refractivity contribution in [2.45, 2.75) is 28.9 Å². The second kappa shape index (κ2) is 11.5. The standard InChI is InChI=1S/C24H30N2O8S/c1-26(22(27)18-4-6-19(32-2)7-5-18)14-3-15-34-20-8-10-21(11-9-20)35(30,31)24(23(28)25-29)12-16-33-17-13-24/h4-11,29H,3,12-17H2,1-2H3,(H,25,28). The summed E-state index contributed by atoms with van der Waals surface area (Å²) in [6.45, 7) is 0.991. The molecule has 0 aliphatic carbocycles. The number of methoxy groups -OCH3 is 1. The van der Waals surface area contributed by atoms with Crippen molar-refractivity contribution in [2.75, 3.05) is 40.5 Å². The van der Waals surface area contributed by atoms with E-state index in [1.807, 2.05) is 0 Å².